The molecule has 1 saturated carbocycles. The van der Waals surface area contributed by atoms with E-state index in [0.29, 0.717) is 0 Å². The number of phosphoric acid groups is 3. The van der Waals surface area contributed by atoms with Crippen molar-refractivity contribution in [3.63, 3.8) is 0 Å². The fraction of sp³-hybridized carbons (Fsp3) is 0.417. The molecule has 2 aromatic rings. The molecule has 0 bridgehead atoms. The van der Waals surface area contributed by atoms with Crippen LogP contribution < -0.4 is 5.73 Å². The van der Waals surface area contributed by atoms with Crippen molar-refractivity contribution in [3.05, 3.63) is 24.2 Å². The molecule has 0 amide bonds. The predicted molar refractivity (Wildman–Crippen MR) is 98.1 cm³/mol. The number of nitrogens with two attached hydrogens (primary N) is 1. The molecule has 0 spiro atoms. The van der Waals surface area contributed by atoms with Crippen molar-refractivity contribution >= 4 is 34.8 Å². The van der Waals surface area contributed by atoms with Gasteiger partial charge < -0.3 is 35.2 Å². The fourth-order valence-electron chi connectivity index (χ4n) is 3.51. The van der Waals surface area contributed by atoms with E-state index in [0.717, 1.165) is 10.8 Å². The van der Waals surface area contributed by atoms with Gasteiger partial charge in [0.15, 0.2) is 17.6 Å². The molecule has 180 valence electrons. The van der Waals surface area contributed by atoms with Gasteiger partial charge in [0.25, 0.3) is 0 Å². The number of ether oxygens (including phenoxy) is 1. The second kappa shape index (κ2) is 7.33. The number of hydrogen-bond acceptors (Lipinski definition) is 12. The average molecular weight is 531 g/mol. The molecule has 1 aliphatic heterocycles. The Kier molecular flexibility index (Phi) is 5.40. The number of phosphoric ester groups is 1. The number of aromatic nitrogens is 3. The van der Waals surface area contributed by atoms with Crippen LogP contribution in [0.25, 0.3) is 5.52 Å². The van der Waals surface area contributed by atoms with Crippen LogP contribution in [0.5, 0.6) is 0 Å². The summed E-state index contributed by atoms with van der Waals surface area (Å²) in [5, 5.41) is 24.2. The van der Waals surface area contributed by atoms with Crippen LogP contribution in [0.4, 0.5) is 10.2 Å². The SMILES string of the molecule is N#C[C@@]1(c2ccc3c(N)ncnn23)O[C@@H]2C(OP(=O)(O)OP(=O)(O)OP(=O)(O)O)[C@]2(O)[C@H]1F. The molecule has 7 N–H and O–H groups in total. The maximum Gasteiger partial charge on any atom is 0.490 e. The lowest BCUT2D eigenvalue weighted by Crippen LogP contribution is -2.44. The first kappa shape index (κ1) is 24.3. The first-order valence-corrected chi connectivity index (χ1v) is 12.9. The minimum atomic E-state index is -5.83. The summed E-state index contributed by atoms with van der Waals surface area (Å²) in [4.78, 5) is 39.6. The van der Waals surface area contributed by atoms with Gasteiger partial charge in [0, 0.05) is 0 Å². The van der Waals surface area contributed by atoms with E-state index in [-0.39, 0.29) is 17.0 Å². The highest BCUT2D eigenvalue weighted by Gasteiger charge is 2.84. The van der Waals surface area contributed by atoms with E-state index in [4.69, 9.17) is 20.3 Å². The van der Waals surface area contributed by atoms with Gasteiger partial charge in [-0.3, -0.25) is 4.52 Å². The average Bonchev–Trinajstić information content (AvgIpc) is 2.96. The van der Waals surface area contributed by atoms with Gasteiger partial charge in [0.05, 0.1) is 5.69 Å². The molecule has 4 rings (SSSR count). The van der Waals surface area contributed by atoms with E-state index in [1.54, 1.807) is 6.07 Å². The zero-order chi connectivity index (χ0) is 24.6. The van der Waals surface area contributed by atoms with Crippen LogP contribution in [0.1, 0.15) is 5.69 Å². The molecule has 2 aromatic heterocycles. The second-order valence-electron chi connectivity index (χ2n) is 6.91. The molecule has 1 aliphatic carbocycles. The number of nitrogens with zero attached hydrogens (tertiary/aromatic N) is 4. The Morgan fingerprint density at radius 1 is 1.21 bits per heavy atom. The number of hydrogen-bond donors (Lipinski definition) is 6. The van der Waals surface area contributed by atoms with Crippen LogP contribution in [0.2, 0.25) is 0 Å². The number of aliphatic hydroxyl groups is 1. The van der Waals surface area contributed by atoms with E-state index in [9.17, 15) is 33.9 Å². The van der Waals surface area contributed by atoms with Crippen molar-refractivity contribution in [1.82, 2.24) is 14.6 Å². The third-order valence-electron chi connectivity index (χ3n) is 4.84. The standard InChI is InChI=1S/C12H13FN5O12P3/c13-10-11(3-14,6-2-1-5-9(15)16-4-17-18(5)6)27-7-8(12(7,10)19)28-32(23,24)30-33(25,26)29-31(20,21)22/h1-2,4,7-8,10,19H,(H,23,24)(H,25,26)(H2,15,16,17)(H2,20,21,22)/t7-,8?,10+,11+,12+/m1/s1. The quantitative estimate of drug-likeness (QED) is 0.239. The normalized spacial score (nSPS) is 34.9. The third kappa shape index (κ3) is 3.92. The van der Waals surface area contributed by atoms with Crippen molar-refractivity contribution in [1.29, 1.82) is 5.26 Å². The highest BCUT2D eigenvalue weighted by Crippen LogP contribution is 2.70. The molecule has 33 heavy (non-hydrogen) atoms. The summed E-state index contributed by atoms with van der Waals surface area (Å²) in [6, 6.07) is 4.18. The Morgan fingerprint density at radius 2 is 1.88 bits per heavy atom. The molecule has 2 aliphatic rings. The van der Waals surface area contributed by atoms with Gasteiger partial charge in [0.1, 0.15) is 30.1 Å². The lowest BCUT2D eigenvalue weighted by molar-refractivity contribution is -0.0724. The van der Waals surface area contributed by atoms with Crippen LogP contribution in [0.15, 0.2) is 18.5 Å². The van der Waals surface area contributed by atoms with Gasteiger partial charge >= 0.3 is 23.5 Å². The number of anilines is 1. The largest absolute Gasteiger partial charge is 0.490 e. The zero-order valence-corrected chi connectivity index (χ0v) is 18.3. The smallest absolute Gasteiger partial charge is 0.382 e. The predicted octanol–water partition coefficient (Wildman–Crippen LogP) is -0.776. The minimum absolute atomic E-state index is 0.00727. The highest BCUT2D eigenvalue weighted by molar-refractivity contribution is 7.66. The molecule has 2 fully saturated rings. The summed E-state index contributed by atoms with van der Waals surface area (Å²) in [6.07, 6.45) is -5.30. The van der Waals surface area contributed by atoms with E-state index in [1.165, 1.54) is 12.1 Å². The fourth-order valence-corrected chi connectivity index (χ4v) is 6.73. The highest BCUT2D eigenvalue weighted by atomic mass is 31.3. The summed E-state index contributed by atoms with van der Waals surface area (Å²) >= 11 is 0. The van der Waals surface area contributed by atoms with E-state index >= 15 is 4.39 Å². The van der Waals surface area contributed by atoms with E-state index in [2.05, 4.69) is 23.2 Å². The lowest BCUT2D eigenvalue weighted by atomic mass is 9.92. The first-order valence-electron chi connectivity index (χ1n) is 8.43. The Morgan fingerprint density at radius 3 is 2.42 bits per heavy atom. The molecular weight excluding hydrogens is 518 g/mol. The van der Waals surface area contributed by atoms with Crippen LogP contribution in [-0.2, 0) is 37.2 Å². The maximum absolute atomic E-state index is 15.4. The van der Waals surface area contributed by atoms with Gasteiger partial charge in [-0.1, -0.05) is 0 Å². The Hall–Kier alpha value is -1.83. The summed E-state index contributed by atoms with van der Waals surface area (Å²) in [5.41, 5.74) is 0.530. The molecular formula is C12H13FN5O12P3. The molecule has 3 unspecified atom stereocenters. The van der Waals surface area contributed by atoms with Crippen molar-refractivity contribution < 1.29 is 60.6 Å². The molecule has 7 atom stereocenters. The van der Waals surface area contributed by atoms with Crippen LogP contribution in [0, 0.1) is 11.3 Å². The summed E-state index contributed by atoms with van der Waals surface area (Å²) in [7, 11) is -17.1. The zero-order valence-electron chi connectivity index (χ0n) is 15.6. The number of nitrogen functional groups attached to an aromatic ring is 1. The number of halogens is 1. The van der Waals surface area contributed by atoms with Crippen LogP contribution in [-0.4, -0.2) is 63.3 Å². The molecule has 3 heterocycles. The Labute approximate surface area is 181 Å². The molecule has 17 nitrogen and oxygen atoms in total. The van der Waals surface area contributed by atoms with Gasteiger partial charge in [-0.05, 0) is 12.1 Å². The first-order chi connectivity index (χ1) is 15.1. The monoisotopic (exact) mass is 531 g/mol. The van der Waals surface area contributed by atoms with Crippen molar-refractivity contribution in [3.8, 4) is 6.07 Å². The number of rotatable bonds is 7. The molecule has 21 heteroatoms. The van der Waals surface area contributed by atoms with Gasteiger partial charge in [-0.2, -0.15) is 19.0 Å². The summed E-state index contributed by atoms with van der Waals surface area (Å²) in [6.45, 7) is 0. The summed E-state index contributed by atoms with van der Waals surface area (Å²) in [5.74, 6) is -0.00727. The van der Waals surface area contributed by atoms with Crippen LogP contribution >= 0.6 is 23.5 Å². The topological polar surface area (TPSA) is 269 Å². The molecule has 0 aromatic carbocycles. The van der Waals surface area contributed by atoms with Gasteiger partial charge in [-0.15, -0.1) is 0 Å². The van der Waals surface area contributed by atoms with Gasteiger partial charge in [-0.25, -0.2) is 27.6 Å². The Balaban J connectivity index is 1.57. The maximum atomic E-state index is 15.4. The molecule has 0 radical (unpaired) electrons. The third-order valence-corrected chi connectivity index (χ3v) is 8.67. The lowest BCUT2D eigenvalue weighted by Gasteiger charge is -2.28. The number of fused-ring (bicyclic) bond motifs is 2. The number of nitriles is 1. The minimum Gasteiger partial charge on any atom is -0.382 e. The van der Waals surface area contributed by atoms with Crippen molar-refractivity contribution in [2.24, 2.45) is 0 Å². The van der Waals surface area contributed by atoms with Crippen molar-refractivity contribution in [2.45, 2.75) is 29.6 Å². The van der Waals surface area contributed by atoms with Crippen molar-refractivity contribution in [2.75, 3.05) is 5.73 Å². The molecule has 1 saturated heterocycles. The second-order valence-corrected chi connectivity index (χ2v) is 11.3. The Bertz CT molecular complexity index is 1330. The van der Waals surface area contributed by atoms with E-state index < -0.39 is 53.0 Å². The van der Waals surface area contributed by atoms with E-state index in [1.807, 2.05) is 0 Å². The van der Waals surface area contributed by atoms with Crippen LogP contribution in [0.3, 0.4) is 0 Å². The summed E-state index contributed by atoms with van der Waals surface area (Å²) < 4.78 is 67.4. The van der Waals surface area contributed by atoms with Gasteiger partial charge in [0.2, 0.25) is 5.60 Å². The number of alkyl halides is 1.